The largest absolute Gasteiger partial charge is 0.435 e. The zero-order valence-corrected chi connectivity index (χ0v) is 15.8. The first-order valence-corrected chi connectivity index (χ1v) is 9.39. The highest BCUT2D eigenvalue weighted by Gasteiger charge is 2.34. The van der Waals surface area contributed by atoms with Crippen molar-refractivity contribution in [1.82, 2.24) is 10.2 Å². The standard InChI is InChI=1S/C20H16F2N2O4S/c21-19(22)28-15-8-6-14(7-9-15)17(25)23-10-11-24-18(26)16(29-20(24)27)12-13-4-2-1-3-5-13/h1-9,12,19H,10-11H2,(H,23,25)/b16-12+. The van der Waals surface area contributed by atoms with E-state index in [0.717, 1.165) is 22.2 Å². The summed E-state index contributed by atoms with van der Waals surface area (Å²) in [5.41, 5.74) is 1.05. The fourth-order valence-electron chi connectivity index (χ4n) is 2.56. The number of carbonyl (C=O) groups is 3. The van der Waals surface area contributed by atoms with E-state index in [0.29, 0.717) is 4.91 Å². The van der Waals surface area contributed by atoms with Gasteiger partial charge in [-0.05, 0) is 47.7 Å². The number of thioether (sulfide) groups is 1. The van der Waals surface area contributed by atoms with Gasteiger partial charge in [0, 0.05) is 18.7 Å². The van der Waals surface area contributed by atoms with Crippen LogP contribution in [0.2, 0.25) is 0 Å². The summed E-state index contributed by atoms with van der Waals surface area (Å²) < 4.78 is 28.5. The lowest BCUT2D eigenvalue weighted by Gasteiger charge is -2.13. The normalized spacial score (nSPS) is 15.3. The summed E-state index contributed by atoms with van der Waals surface area (Å²) in [5.74, 6) is -0.924. The molecule has 29 heavy (non-hydrogen) atoms. The Bertz CT molecular complexity index is 933. The molecule has 0 unspecified atom stereocenters. The van der Waals surface area contributed by atoms with E-state index >= 15 is 0 Å². The third-order valence-corrected chi connectivity index (χ3v) is 4.84. The number of nitrogens with one attached hydrogen (secondary N) is 1. The molecule has 2 aromatic rings. The maximum absolute atomic E-state index is 12.4. The second-order valence-electron chi connectivity index (χ2n) is 5.90. The summed E-state index contributed by atoms with van der Waals surface area (Å²) >= 11 is 0.849. The van der Waals surface area contributed by atoms with Crippen LogP contribution in [-0.2, 0) is 4.79 Å². The molecule has 1 aliphatic heterocycles. The fourth-order valence-corrected chi connectivity index (χ4v) is 3.43. The van der Waals surface area contributed by atoms with Crippen LogP contribution in [0.5, 0.6) is 5.75 Å². The molecule has 2 aromatic carbocycles. The van der Waals surface area contributed by atoms with Crippen molar-refractivity contribution < 1.29 is 27.9 Å². The van der Waals surface area contributed by atoms with Crippen molar-refractivity contribution in [2.75, 3.05) is 13.1 Å². The lowest BCUT2D eigenvalue weighted by molar-refractivity contribution is -0.122. The van der Waals surface area contributed by atoms with E-state index in [9.17, 15) is 23.2 Å². The van der Waals surface area contributed by atoms with Crippen LogP contribution in [0.15, 0.2) is 59.5 Å². The van der Waals surface area contributed by atoms with Gasteiger partial charge < -0.3 is 10.1 Å². The molecule has 1 N–H and O–H groups in total. The Balaban J connectivity index is 1.53. The van der Waals surface area contributed by atoms with Crippen LogP contribution in [-0.4, -0.2) is 41.7 Å². The van der Waals surface area contributed by atoms with E-state index in [1.165, 1.54) is 24.3 Å². The second kappa shape index (κ2) is 9.33. The van der Waals surface area contributed by atoms with Gasteiger partial charge in [-0.25, -0.2) is 0 Å². The highest BCUT2D eigenvalue weighted by atomic mass is 32.2. The molecule has 0 aliphatic carbocycles. The van der Waals surface area contributed by atoms with Crippen molar-refractivity contribution in [1.29, 1.82) is 0 Å². The smallest absolute Gasteiger partial charge is 0.387 e. The monoisotopic (exact) mass is 418 g/mol. The molecule has 3 amide bonds. The second-order valence-corrected chi connectivity index (χ2v) is 6.90. The Morgan fingerprint density at radius 2 is 1.79 bits per heavy atom. The molecule has 1 fully saturated rings. The van der Waals surface area contributed by atoms with E-state index in [2.05, 4.69) is 10.1 Å². The van der Waals surface area contributed by atoms with Crippen molar-refractivity contribution in [2.24, 2.45) is 0 Å². The molecule has 1 saturated heterocycles. The Morgan fingerprint density at radius 1 is 1.10 bits per heavy atom. The maximum atomic E-state index is 12.4. The average Bonchev–Trinajstić information content (AvgIpc) is 2.96. The number of rotatable bonds is 7. The van der Waals surface area contributed by atoms with Crippen molar-refractivity contribution in [3.05, 3.63) is 70.6 Å². The van der Waals surface area contributed by atoms with Gasteiger partial charge in [-0.15, -0.1) is 0 Å². The van der Waals surface area contributed by atoms with Crippen LogP contribution in [0.3, 0.4) is 0 Å². The molecule has 0 spiro atoms. The molecule has 0 atom stereocenters. The first kappa shape index (κ1) is 20.5. The van der Waals surface area contributed by atoms with Crippen LogP contribution in [0.25, 0.3) is 6.08 Å². The van der Waals surface area contributed by atoms with Crippen LogP contribution in [0, 0.1) is 0 Å². The van der Waals surface area contributed by atoms with E-state index in [1.807, 2.05) is 30.3 Å². The number of alkyl halides is 2. The van der Waals surface area contributed by atoms with Gasteiger partial charge in [-0.2, -0.15) is 8.78 Å². The predicted molar refractivity (Wildman–Crippen MR) is 105 cm³/mol. The van der Waals surface area contributed by atoms with Gasteiger partial charge in [-0.3, -0.25) is 19.3 Å². The molecule has 0 radical (unpaired) electrons. The van der Waals surface area contributed by atoms with E-state index in [4.69, 9.17) is 0 Å². The van der Waals surface area contributed by atoms with Crippen molar-refractivity contribution in [3.63, 3.8) is 0 Å². The number of amides is 3. The van der Waals surface area contributed by atoms with Crippen LogP contribution >= 0.6 is 11.8 Å². The Labute approximate surface area is 169 Å². The van der Waals surface area contributed by atoms with Crippen molar-refractivity contribution in [2.45, 2.75) is 6.61 Å². The Morgan fingerprint density at radius 3 is 2.45 bits per heavy atom. The van der Waals surface area contributed by atoms with E-state index < -0.39 is 23.7 Å². The van der Waals surface area contributed by atoms with Crippen LogP contribution < -0.4 is 10.1 Å². The minimum atomic E-state index is -2.94. The van der Waals surface area contributed by atoms with Gasteiger partial charge in [-0.1, -0.05) is 30.3 Å². The van der Waals surface area contributed by atoms with Gasteiger partial charge >= 0.3 is 6.61 Å². The van der Waals surface area contributed by atoms with Gasteiger partial charge in [0.15, 0.2) is 0 Å². The van der Waals surface area contributed by atoms with Gasteiger partial charge in [0.1, 0.15) is 5.75 Å². The lowest BCUT2D eigenvalue weighted by atomic mass is 10.2. The summed E-state index contributed by atoms with van der Waals surface area (Å²) in [6.07, 6.45) is 1.65. The lowest BCUT2D eigenvalue weighted by Crippen LogP contribution is -2.37. The molecule has 9 heteroatoms. The van der Waals surface area contributed by atoms with Crippen molar-refractivity contribution >= 4 is 34.9 Å². The molecule has 3 rings (SSSR count). The molecule has 150 valence electrons. The SMILES string of the molecule is O=C(NCCN1C(=O)S/C(=C/c2ccccc2)C1=O)c1ccc(OC(F)F)cc1. The molecule has 1 heterocycles. The first-order chi connectivity index (χ1) is 13.9. The fraction of sp³-hybridized carbons (Fsp3) is 0.150. The van der Waals surface area contributed by atoms with Crippen molar-refractivity contribution in [3.8, 4) is 5.75 Å². The molecule has 1 aliphatic rings. The minimum absolute atomic E-state index is 0.0229. The number of ether oxygens (including phenoxy) is 1. The number of benzene rings is 2. The molecule has 0 saturated carbocycles. The van der Waals surface area contributed by atoms with Crippen LogP contribution in [0.4, 0.5) is 13.6 Å². The number of imide groups is 1. The summed E-state index contributed by atoms with van der Waals surface area (Å²) in [4.78, 5) is 38.0. The predicted octanol–water partition coefficient (Wildman–Crippen LogP) is 3.75. The van der Waals surface area contributed by atoms with E-state index in [-0.39, 0.29) is 24.4 Å². The first-order valence-electron chi connectivity index (χ1n) is 8.57. The maximum Gasteiger partial charge on any atom is 0.387 e. The number of carbonyl (C=O) groups excluding carboxylic acids is 3. The molecular formula is C20H16F2N2O4S. The average molecular weight is 418 g/mol. The molecule has 6 nitrogen and oxygen atoms in total. The highest BCUT2D eigenvalue weighted by Crippen LogP contribution is 2.31. The van der Waals surface area contributed by atoms with E-state index in [1.54, 1.807) is 6.08 Å². The molecule has 0 aromatic heterocycles. The zero-order chi connectivity index (χ0) is 20.8. The van der Waals surface area contributed by atoms with Crippen LogP contribution in [0.1, 0.15) is 15.9 Å². The number of hydrogen-bond acceptors (Lipinski definition) is 5. The topological polar surface area (TPSA) is 75.7 Å². The summed E-state index contributed by atoms with van der Waals surface area (Å²) in [7, 11) is 0. The number of halogens is 2. The summed E-state index contributed by atoms with van der Waals surface area (Å²) in [5, 5.41) is 2.19. The summed E-state index contributed by atoms with van der Waals surface area (Å²) in [6, 6.07) is 14.4. The van der Waals surface area contributed by atoms with Gasteiger partial charge in [0.2, 0.25) is 0 Å². The Hall–Kier alpha value is -3.20. The minimum Gasteiger partial charge on any atom is -0.435 e. The third kappa shape index (κ3) is 5.41. The highest BCUT2D eigenvalue weighted by molar-refractivity contribution is 8.18. The molecular weight excluding hydrogens is 402 g/mol. The third-order valence-electron chi connectivity index (χ3n) is 3.93. The van der Waals surface area contributed by atoms with Gasteiger partial charge in [0.25, 0.3) is 17.1 Å². The van der Waals surface area contributed by atoms with Gasteiger partial charge in [0.05, 0.1) is 4.91 Å². The Kier molecular flexibility index (Phi) is 6.61. The zero-order valence-electron chi connectivity index (χ0n) is 15.0. The number of nitrogens with zero attached hydrogens (tertiary/aromatic N) is 1. The molecule has 0 bridgehead atoms. The quantitative estimate of drug-likeness (QED) is 0.693. The number of hydrogen-bond donors (Lipinski definition) is 1. The summed E-state index contributed by atoms with van der Waals surface area (Å²) in [6.45, 7) is -2.86.